The number of fused-ring (bicyclic) bond motifs is 2. The normalized spacial score (nSPS) is 15.9. The standard InChI is InChI=1S/C26H28N8O2/c1-3-4-13-32-22-23(30-25(32)31-14-11-27-12-15-31)34(18-9-10-18)26(36)33(24(22)35)16-21-28-17(2)19-7-5-6-8-20(19)29-21/h5-8,18,27H,9-16H2,1-2H3. The highest BCUT2D eigenvalue weighted by Gasteiger charge is 2.32. The fourth-order valence-electron chi connectivity index (χ4n) is 4.97. The van der Waals surface area contributed by atoms with Crippen LogP contribution in [-0.2, 0) is 13.1 Å². The molecule has 1 N–H and O–H groups in total. The molecule has 1 saturated heterocycles. The van der Waals surface area contributed by atoms with Gasteiger partial charge in [0.15, 0.2) is 11.2 Å². The molecule has 0 radical (unpaired) electrons. The molecular weight excluding hydrogens is 456 g/mol. The number of aryl methyl sites for hydroxylation is 1. The van der Waals surface area contributed by atoms with Crippen LogP contribution in [0.1, 0.15) is 37.3 Å². The van der Waals surface area contributed by atoms with Crippen molar-refractivity contribution in [2.24, 2.45) is 0 Å². The fourth-order valence-corrected chi connectivity index (χ4v) is 4.97. The molecule has 4 heterocycles. The minimum Gasteiger partial charge on any atom is -0.340 e. The molecule has 10 heteroatoms. The summed E-state index contributed by atoms with van der Waals surface area (Å²) in [5.74, 6) is 7.16. The van der Waals surface area contributed by atoms with E-state index in [0.717, 1.165) is 55.6 Å². The van der Waals surface area contributed by atoms with Gasteiger partial charge in [-0.2, -0.15) is 4.98 Å². The van der Waals surface area contributed by atoms with Crippen LogP contribution in [0.4, 0.5) is 5.95 Å². The maximum absolute atomic E-state index is 13.9. The zero-order chi connectivity index (χ0) is 24.8. The number of hydrogen-bond donors (Lipinski definition) is 1. The molecule has 2 aliphatic rings. The summed E-state index contributed by atoms with van der Waals surface area (Å²) in [4.78, 5) is 44.0. The van der Waals surface area contributed by atoms with Gasteiger partial charge in [0.05, 0.1) is 18.6 Å². The number of rotatable bonds is 5. The lowest BCUT2D eigenvalue weighted by atomic mass is 10.2. The second kappa shape index (κ2) is 8.91. The van der Waals surface area contributed by atoms with E-state index in [1.165, 1.54) is 4.57 Å². The molecule has 10 nitrogen and oxygen atoms in total. The van der Waals surface area contributed by atoms with Crippen molar-refractivity contribution in [1.82, 2.24) is 34.0 Å². The Morgan fingerprint density at radius 2 is 1.83 bits per heavy atom. The van der Waals surface area contributed by atoms with E-state index in [0.29, 0.717) is 29.5 Å². The topological polar surface area (TPSA) is 103 Å². The van der Waals surface area contributed by atoms with Gasteiger partial charge in [-0.3, -0.25) is 18.5 Å². The Kier molecular flexibility index (Phi) is 5.57. The molecule has 0 atom stereocenters. The molecule has 6 rings (SSSR count). The molecule has 4 aromatic rings. The molecule has 0 amide bonds. The van der Waals surface area contributed by atoms with Crippen molar-refractivity contribution in [3.8, 4) is 11.8 Å². The van der Waals surface area contributed by atoms with Gasteiger partial charge < -0.3 is 10.2 Å². The van der Waals surface area contributed by atoms with Gasteiger partial charge in [0.25, 0.3) is 5.56 Å². The summed E-state index contributed by atoms with van der Waals surface area (Å²) in [6, 6.07) is 7.80. The summed E-state index contributed by atoms with van der Waals surface area (Å²) in [5.41, 5.74) is 1.73. The highest BCUT2D eigenvalue weighted by atomic mass is 16.2. The van der Waals surface area contributed by atoms with E-state index in [-0.39, 0.29) is 23.8 Å². The summed E-state index contributed by atoms with van der Waals surface area (Å²) >= 11 is 0. The largest absolute Gasteiger partial charge is 0.340 e. The molecule has 2 fully saturated rings. The Balaban J connectivity index is 1.57. The van der Waals surface area contributed by atoms with Crippen molar-refractivity contribution in [2.75, 3.05) is 31.1 Å². The first-order valence-electron chi connectivity index (χ1n) is 12.4. The van der Waals surface area contributed by atoms with Gasteiger partial charge in [0, 0.05) is 43.3 Å². The SMILES string of the molecule is CC#CCn1c(N2CCNCC2)nc2c1c(=O)n(Cc1nc(C)c3ccccc3n1)c(=O)n2C1CC1. The van der Waals surface area contributed by atoms with Crippen LogP contribution in [-0.4, -0.2) is 54.8 Å². The first-order valence-corrected chi connectivity index (χ1v) is 12.4. The number of benzene rings is 1. The number of imidazole rings is 1. The van der Waals surface area contributed by atoms with Gasteiger partial charge in [0.2, 0.25) is 5.95 Å². The van der Waals surface area contributed by atoms with E-state index >= 15 is 0 Å². The lowest BCUT2D eigenvalue weighted by Crippen LogP contribution is -2.44. The van der Waals surface area contributed by atoms with Crippen LogP contribution >= 0.6 is 0 Å². The first kappa shape index (κ1) is 22.5. The smallest absolute Gasteiger partial charge is 0.333 e. The molecule has 1 aromatic carbocycles. The molecule has 1 aliphatic heterocycles. The van der Waals surface area contributed by atoms with E-state index < -0.39 is 0 Å². The minimum atomic E-state index is -0.381. The maximum atomic E-state index is 13.9. The zero-order valence-corrected chi connectivity index (χ0v) is 20.5. The summed E-state index contributed by atoms with van der Waals surface area (Å²) in [6.07, 6.45) is 1.78. The first-order chi connectivity index (χ1) is 17.6. The maximum Gasteiger partial charge on any atom is 0.333 e. The van der Waals surface area contributed by atoms with Crippen molar-refractivity contribution in [3.05, 3.63) is 56.6 Å². The van der Waals surface area contributed by atoms with E-state index in [1.54, 1.807) is 11.5 Å². The summed E-state index contributed by atoms with van der Waals surface area (Å²) in [7, 11) is 0. The van der Waals surface area contributed by atoms with E-state index in [2.05, 4.69) is 32.0 Å². The molecule has 3 aromatic heterocycles. The predicted octanol–water partition coefficient (Wildman–Crippen LogP) is 1.43. The number of nitrogens with zero attached hydrogens (tertiary/aromatic N) is 7. The van der Waals surface area contributed by atoms with Crippen LogP contribution in [0.2, 0.25) is 0 Å². The summed E-state index contributed by atoms with van der Waals surface area (Å²) in [5, 5.41) is 4.31. The number of aromatic nitrogens is 6. The van der Waals surface area contributed by atoms with Crippen molar-refractivity contribution >= 4 is 28.0 Å². The number of hydrogen-bond acceptors (Lipinski definition) is 7. The van der Waals surface area contributed by atoms with Crippen molar-refractivity contribution in [1.29, 1.82) is 0 Å². The summed E-state index contributed by atoms with van der Waals surface area (Å²) < 4.78 is 4.84. The number of para-hydroxylation sites is 1. The van der Waals surface area contributed by atoms with Gasteiger partial charge in [-0.05, 0) is 32.8 Å². The van der Waals surface area contributed by atoms with E-state index in [9.17, 15) is 9.59 Å². The Bertz CT molecular complexity index is 1660. The Morgan fingerprint density at radius 1 is 1.06 bits per heavy atom. The second-order valence-electron chi connectivity index (χ2n) is 9.35. The Hall–Kier alpha value is -3.97. The fraction of sp³-hybridized carbons (Fsp3) is 0.423. The van der Waals surface area contributed by atoms with Gasteiger partial charge in [0.1, 0.15) is 5.82 Å². The average molecular weight is 485 g/mol. The molecule has 184 valence electrons. The van der Waals surface area contributed by atoms with E-state index in [1.807, 2.05) is 35.8 Å². The summed E-state index contributed by atoms with van der Waals surface area (Å²) in [6.45, 7) is 7.24. The van der Waals surface area contributed by atoms with E-state index in [4.69, 9.17) is 4.98 Å². The molecule has 36 heavy (non-hydrogen) atoms. The van der Waals surface area contributed by atoms with Gasteiger partial charge in [-0.1, -0.05) is 24.1 Å². The lowest BCUT2D eigenvalue weighted by molar-refractivity contribution is 0.572. The van der Waals surface area contributed by atoms with Crippen LogP contribution in [0.5, 0.6) is 0 Å². The monoisotopic (exact) mass is 484 g/mol. The molecule has 1 saturated carbocycles. The van der Waals surface area contributed by atoms with Crippen molar-refractivity contribution in [2.45, 2.75) is 45.8 Å². The number of nitrogens with one attached hydrogen (secondary N) is 1. The van der Waals surface area contributed by atoms with Crippen LogP contribution < -0.4 is 21.5 Å². The third-order valence-corrected chi connectivity index (χ3v) is 6.91. The number of piperazine rings is 1. The minimum absolute atomic E-state index is 0.000392. The predicted molar refractivity (Wildman–Crippen MR) is 138 cm³/mol. The Labute approximate surface area is 207 Å². The molecule has 0 spiro atoms. The van der Waals surface area contributed by atoms with Crippen LogP contribution in [0.3, 0.4) is 0 Å². The third-order valence-electron chi connectivity index (χ3n) is 6.91. The molecule has 0 unspecified atom stereocenters. The van der Waals surface area contributed by atoms with Crippen molar-refractivity contribution in [3.63, 3.8) is 0 Å². The third kappa shape index (κ3) is 3.76. The number of anilines is 1. The van der Waals surface area contributed by atoms with Gasteiger partial charge in [-0.15, -0.1) is 5.92 Å². The second-order valence-corrected chi connectivity index (χ2v) is 9.35. The van der Waals surface area contributed by atoms with Crippen LogP contribution in [0.15, 0.2) is 33.9 Å². The quantitative estimate of drug-likeness (QED) is 0.428. The van der Waals surface area contributed by atoms with Gasteiger partial charge in [-0.25, -0.2) is 14.8 Å². The molecular formula is C26H28N8O2. The lowest BCUT2D eigenvalue weighted by Gasteiger charge is -2.28. The highest BCUT2D eigenvalue weighted by Crippen LogP contribution is 2.36. The van der Waals surface area contributed by atoms with Crippen LogP contribution in [0.25, 0.3) is 22.1 Å². The highest BCUT2D eigenvalue weighted by molar-refractivity contribution is 5.80. The van der Waals surface area contributed by atoms with Crippen molar-refractivity contribution < 1.29 is 0 Å². The average Bonchev–Trinajstić information content (AvgIpc) is 3.65. The van der Waals surface area contributed by atoms with Crippen LogP contribution in [0, 0.1) is 18.8 Å². The molecule has 1 aliphatic carbocycles. The van der Waals surface area contributed by atoms with Gasteiger partial charge >= 0.3 is 5.69 Å². The molecule has 0 bridgehead atoms. The zero-order valence-electron chi connectivity index (χ0n) is 20.5. The Morgan fingerprint density at radius 3 is 2.58 bits per heavy atom.